The van der Waals surface area contributed by atoms with E-state index in [0.29, 0.717) is 5.56 Å². The molecule has 0 atom stereocenters. The number of hydrogen-bond acceptors (Lipinski definition) is 5. The van der Waals surface area contributed by atoms with Gasteiger partial charge in [-0.1, -0.05) is 12.1 Å². The average Bonchev–Trinajstić information content (AvgIpc) is 2.66. The number of aryl methyl sites for hydroxylation is 1. The maximum absolute atomic E-state index is 12.4. The maximum atomic E-state index is 12.4. The molecule has 0 N–H and O–H groups in total. The van der Waals surface area contributed by atoms with Crippen LogP contribution in [-0.4, -0.2) is 33.6 Å². The second kappa shape index (κ2) is 8.94. The summed E-state index contributed by atoms with van der Waals surface area (Å²) < 4.78 is 30.5. The fourth-order valence-corrected chi connectivity index (χ4v) is 2.49. The SMILES string of the molecule is CCn1cc(C#N)c(=O)n(CC(=O)N(C)Cc2ccc(OC(F)F)cc2)c1=O. The summed E-state index contributed by atoms with van der Waals surface area (Å²) in [5, 5.41) is 9.04. The first-order chi connectivity index (χ1) is 13.3. The van der Waals surface area contributed by atoms with Crippen LogP contribution in [0.25, 0.3) is 0 Å². The molecule has 0 saturated heterocycles. The number of rotatable bonds is 7. The molecule has 0 spiro atoms. The lowest BCUT2D eigenvalue weighted by Gasteiger charge is -2.18. The molecule has 0 aliphatic heterocycles. The fourth-order valence-electron chi connectivity index (χ4n) is 2.49. The molecular weight excluding hydrogens is 374 g/mol. The van der Waals surface area contributed by atoms with Crippen LogP contribution >= 0.6 is 0 Å². The van der Waals surface area contributed by atoms with E-state index in [1.54, 1.807) is 13.0 Å². The molecule has 0 fully saturated rings. The lowest BCUT2D eigenvalue weighted by molar-refractivity contribution is -0.131. The highest BCUT2D eigenvalue weighted by Crippen LogP contribution is 2.15. The van der Waals surface area contributed by atoms with E-state index < -0.39 is 30.3 Å². The second-order valence-corrected chi connectivity index (χ2v) is 5.89. The van der Waals surface area contributed by atoms with Crippen molar-refractivity contribution < 1.29 is 18.3 Å². The summed E-state index contributed by atoms with van der Waals surface area (Å²) >= 11 is 0. The van der Waals surface area contributed by atoms with E-state index in [1.165, 1.54) is 47.0 Å². The van der Waals surface area contributed by atoms with Crippen LogP contribution in [0.4, 0.5) is 8.78 Å². The van der Waals surface area contributed by atoms with Crippen LogP contribution in [-0.2, 0) is 24.4 Å². The molecule has 8 nitrogen and oxygen atoms in total. The Morgan fingerprint density at radius 2 is 1.93 bits per heavy atom. The van der Waals surface area contributed by atoms with Gasteiger partial charge in [0.25, 0.3) is 5.56 Å². The maximum Gasteiger partial charge on any atom is 0.387 e. The number of alkyl halides is 2. The molecule has 1 amide bonds. The number of amides is 1. The first-order valence-corrected chi connectivity index (χ1v) is 8.29. The van der Waals surface area contributed by atoms with Crippen molar-refractivity contribution in [3.05, 3.63) is 62.4 Å². The monoisotopic (exact) mass is 392 g/mol. The number of nitriles is 1. The molecule has 1 aromatic carbocycles. The molecule has 0 unspecified atom stereocenters. The van der Waals surface area contributed by atoms with E-state index >= 15 is 0 Å². The van der Waals surface area contributed by atoms with Crippen molar-refractivity contribution in [3.63, 3.8) is 0 Å². The summed E-state index contributed by atoms with van der Waals surface area (Å²) in [7, 11) is 1.48. The summed E-state index contributed by atoms with van der Waals surface area (Å²) in [6, 6.07) is 7.45. The molecule has 0 saturated carbocycles. The Morgan fingerprint density at radius 3 is 2.46 bits per heavy atom. The van der Waals surface area contributed by atoms with Crippen LogP contribution in [0.2, 0.25) is 0 Å². The summed E-state index contributed by atoms with van der Waals surface area (Å²) in [6.07, 6.45) is 1.17. The number of likely N-dealkylation sites (N-methyl/N-ethyl adjacent to an activating group) is 1. The minimum Gasteiger partial charge on any atom is -0.435 e. The van der Waals surface area contributed by atoms with Gasteiger partial charge < -0.3 is 9.64 Å². The molecular formula is C18H18F2N4O4. The van der Waals surface area contributed by atoms with E-state index in [4.69, 9.17) is 5.26 Å². The molecule has 0 aliphatic carbocycles. The number of halogens is 2. The third kappa shape index (κ3) is 4.82. The molecule has 10 heteroatoms. The van der Waals surface area contributed by atoms with Gasteiger partial charge >= 0.3 is 12.3 Å². The van der Waals surface area contributed by atoms with Crippen LogP contribution in [0, 0.1) is 11.3 Å². The smallest absolute Gasteiger partial charge is 0.387 e. The Balaban J connectivity index is 2.16. The van der Waals surface area contributed by atoms with Crippen LogP contribution in [0.5, 0.6) is 5.75 Å². The molecule has 0 radical (unpaired) electrons. The van der Waals surface area contributed by atoms with Crippen molar-refractivity contribution in [2.45, 2.75) is 33.2 Å². The molecule has 2 rings (SSSR count). The summed E-state index contributed by atoms with van der Waals surface area (Å²) in [5.41, 5.74) is -1.10. The van der Waals surface area contributed by atoms with E-state index in [0.717, 1.165) is 4.57 Å². The lowest BCUT2D eigenvalue weighted by atomic mass is 10.2. The Bertz CT molecular complexity index is 1010. The third-order valence-electron chi connectivity index (χ3n) is 3.99. The van der Waals surface area contributed by atoms with Crippen LogP contribution < -0.4 is 16.0 Å². The molecule has 1 aromatic heterocycles. The van der Waals surface area contributed by atoms with Gasteiger partial charge in [0.15, 0.2) is 0 Å². The molecule has 1 heterocycles. The van der Waals surface area contributed by atoms with Gasteiger partial charge in [-0.15, -0.1) is 0 Å². The standard InChI is InChI=1S/C18H18F2N4O4/c1-3-23-10-13(8-21)16(26)24(18(23)27)11-15(25)22(2)9-12-4-6-14(7-5-12)28-17(19)20/h4-7,10,17H,3,9,11H2,1-2H3. The number of nitrogens with zero attached hydrogens (tertiary/aromatic N) is 4. The predicted molar refractivity (Wildman–Crippen MR) is 94.9 cm³/mol. The molecule has 28 heavy (non-hydrogen) atoms. The first-order valence-electron chi connectivity index (χ1n) is 8.29. The van der Waals surface area contributed by atoms with Gasteiger partial charge in [-0.05, 0) is 24.6 Å². The van der Waals surface area contributed by atoms with Crippen LogP contribution in [0.1, 0.15) is 18.1 Å². The van der Waals surface area contributed by atoms with Gasteiger partial charge in [0.2, 0.25) is 5.91 Å². The fraction of sp³-hybridized carbons (Fsp3) is 0.333. The van der Waals surface area contributed by atoms with Gasteiger partial charge in [-0.25, -0.2) is 9.36 Å². The summed E-state index contributed by atoms with van der Waals surface area (Å²) in [6.45, 7) is -1.40. The van der Waals surface area contributed by atoms with Gasteiger partial charge in [0, 0.05) is 26.3 Å². The number of benzene rings is 1. The van der Waals surface area contributed by atoms with Crippen molar-refractivity contribution in [3.8, 4) is 11.8 Å². The Kier molecular flexibility index (Phi) is 6.65. The summed E-state index contributed by atoms with van der Waals surface area (Å²) in [4.78, 5) is 38.2. The van der Waals surface area contributed by atoms with Crippen LogP contribution in [0.3, 0.4) is 0 Å². The zero-order chi connectivity index (χ0) is 20.8. The number of carbonyl (C=O) groups excluding carboxylic acids is 1. The molecule has 2 aromatic rings. The highest BCUT2D eigenvalue weighted by molar-refractivity contribution is 5.75. The number of carbonyl (C=O) groups is 1. The number of aromatic nitrogens is 2. The predicted octanol–water partition coefficient (Wildman–Crippen LogP) is 1.16. The lowest BCUT2D eigenvalue weighted by Crippen LogP contribution is -2.44. The Morgan fingerprint density at radius 1 is 1.29 bits per heavy atom. The zero-order valence-electron chi connectivity index (χ0n) is 15.3. The van der Waals surface area contributed by atoms with E-state index in [9.17, 15) is 23.2 Å². The normalized spacial score (nSPS) is 10.6. The quantitative estimate of drug-likeness (QED) is 0.704. The molecule has 148 valence electrons. The largest absolute Gasteiger partial charge is 0.435 e. The number of ether oxygens (including phenoxy) is 1. The van der Waals surface area contributed by atoms with Gasteiger partial charge in [-0.2, -0.15) is 14.0 Å². The Hall–Kier alpha value is -3.48. The van der Waals surface area contributed by atoms with E-state index in [-0.39, 0.29) is 24.4 Å². The first kappa shape index (κ1) is 20.8. The third-order valence-corrected chi connectivity index (χ3v) is 3.99. The van der Waals surface area contributed by atoms with Gasteiger partial charge in [0.1, 0.15) is 23.9 Å². The number of hydrogen-bond donors (Lipinski definition) is 0. The minimum absolute atomic E-state index is 0.00674. The Labute approximate surface area is 158 Å². The van der Waals surface area contributed by atoms with Crippen molar-refractivity contribution in [1.82, 2.24) is 14.0 Å². The highest BCUT2D eigenvalue weighted by Gasteiger charge is 2.16. The average molecular weight is 392 g/mol. The van der Waals surface area contributed by atoms with Crippen molar-refractivity contribution in [2.24, 2.45) is 0 Å². The van der Waals surface area contributed by atoms with Gasteiger partial charge in [-0.3, -0.25) is 14.2 Å². The van der Waals surface area contributed by atoms with Crippen molar-refractivity contribution in [2.75, 3.05) is 7.05 Å². The second-order valence-electron chi connectivity index (χ2n) is 5.89. The highest BCUT2D eigenvalue weighted by atomic mass is 19.3. The molecule has 0 aliphatic rings. The van der Waals surface area contributed by atoms with Crippen molar-refractivity contribution >= 4 is 5.91 Å². The van der Waals surface area contributed by atoms with E-state index in [2.05, 4.69) is 4.74 Å². The van der Waals surface area contributed by atoms with Gasteiger partial charge in [0.05, 0.1) is 0 Å². The topological polar surface area (TPSA) is 97.3 Å². The minimum atomic E-state index is -2.93. The van der Waals surface area contributed by atoms with E-state index in [1.807, 2.05) is 0 Å². The van der Waals surface area contributed by atoms with Crippen LogP contribution in [0.15, 0.2) is 40.1 Å². The van der Waals surface area contributed by atoms with Crippen molar-refractivity contribution in [1.29, 1.82) is 5.26 Å². The summed E-state index contributed by atoms with van der Waals surface area (Å²) in [5.74, 6) is -0.530. The zero-order valence-corrected chi connectivity index (χ0v) is 15.3. The molecule has 0 bridgehead atoms.